The molecule has 0 radical (unpaired) electrons. The Bertz CT molecular complexity index is 652. The van der Waals surface area contributed by atoms with E-state index in [0.29, 0.717) is 31.7 Å². The number of ether oxygens (including phenoxy) is 4. The molecule has 2 fully saturated rings. The van der Waals surface area contributed by atoms with Crippen LogP contribution >= 0.6 is 0 Å². The van der Waals surface area contributed by atoms with Crippen LogP contribution in [0.1, 0.15) is 26.3 Å². The lowest BCUT2D eigenvalue weighted by atomic mass is 9.79. The van der Waals surface area contributed by atoms with Crippen molar-refractivity contribution < 1.29 is 23.7 Å². The molecule has 0 aliphatic carbocycles. The zero-order valence-electron chi connectivity index (χ0n) is 16.9. The lowest BCUT2D eigenvalue weighted by molar-refractivity contribution is -0.259. The summed E-state index contributed by atoms with van der Waals surface area (Å²) in [5.41, 5.74) is 1.15. The first-order valence-corrected chi connectivity index (χ1v) is 9.98. The van der Waals surface area contributed by atoms with Gasteiger partial charge in [-0.25, -0.2) is 4.79 Å². The minimum absolute atomic E-state index is 0.0375. The first-order chi connectivity index (χ1) is 13.5. The summed E-state index contributed by atoms with van der Waals surface area (Å²) in [7, 11) is 0. The zero-order valence-corrected chi connectivity index (χ0v) is 16.9. The SMILES string of the molecule is C=C[C@@H]1OC(=O)N[C@H]1CO[C@H]1OC(COCc2ccccc2)[C@H](C)[C@H](C)C1C. The van der Waals surface area contributed by atoms with Gasteiger partial charge in [0, 0.05) is 5.92 Å². The van der Waals surface area contributed by atoms with Gasteiger partial charge in [-0.2, -0.15) is 0 Å². The van der Waals surface area contributed by atoms with Gasteiger partial charge >= 0.3 is 6.09 Å². The lowest BCUT2D eigenvalue weighted by Gasteiger charge is -2.43. The second-order valence-corrected chi connectivity index (χ2v) is 7.81. The highest BCUT2D eigenvalue weighted by molar-refractivity contribution is 5.70. The third-order valence-corrected chi connectivity index (χ3v) is 5.99. The molecule has 3 rings (SSSR count). The maximum absolute atomic E-state index is 11.4. The van der Waals surface area contributed by atoms with Gasteiger partial charge in [-0.15, -0.1) is 0 Å². The molecule has 2 saturated heterocycles. The average molecular weight is 389 g/mol. The molecule has 2 aliphatic rings. The summed E-state index contributed by atoms with van der Waals surface area (Å²) in [5, 5.41) is 2.76. The maximum Gasteiger partial charge on any atom is 0.408 e. The smallest absolute Gasteiger partial charge is 0.408 e. The van der Waals surface area contributed by atoms with Crippen LogP contribution < -0.4 is 5.32 Å². The number of hydrogen-bond acceptors (Lipinski definition) is 5. The molecule has 0 bridgehead atoms. The van der Waals surface area contributed by atoms with Gasteiger partial charge in [0.2, 0.25) is 0 Å². The van der Waals surface area contributed by atoms with Crippen molar-refractivity contribution in [2.24, 2.45) is 17.8 Å². The second-order valence-electron chi connectivity index (χ2n) is 7.81. The topological polar surface area (TPSA) is 66.0 Å². The number of cyclic esters (lactones) is 1. The Morgan fingerprint density at radius 1 is 1.11 bits per heavy atom. The number of carbonyl (C=O) groups excluding carboxylic acids is 1. The molecule has 0 aromatic heterocycles. The lowest BCUT2D eigenvalue weighted by Crippen LogP contribution is -2.49. The van der Waals surface area contributed by atoms with Gasteiger partial charge in [0.1, 0.15) is 6.10 Å². The number of amides is 1. The van der Waals surface area contributed by atoms with Gasteiger partial charge in [0.05, 0.1) is 32.0 Å². The van der Waals surface area contributed by atoms with E-state index in [2.05, 4.69) is 44.8 Å². The third kappa shape index (κ3) is 4.93. The summed E-state index contributed by atoms with van der Waals surface area (Å²) in [6.45, 7) is 11.7. The van der Waals surface area contributed by atoms with Crippen LogP contribution in [-0.2, 0) is 25.6 Å². The van der Waals surface area contributed by atoms with E-state index in [1.54, 1.807) is 6.08 Å². The first-order valence-electron chi connectivity index (χ1n) is 9.98. The third-order valence-electron chi connectivity index (χ3n) is 5.99. The molecule has 7 atom stereocenters. The van der Waals surface area contributed by atoms with Crippen molar-refractivity contribution >= 4 is 6.09 Å². The van der Waals surface area contributed by atoms with Crippen LogP contribution in [0.4, 0.5) is 4.79 Å². The molecule has 6 nitrogen and oxygen atoms in total. The largest absolute Gasteiger partial charge is 0.440 e. The molecule has 28 heavy (non-hydrogen) atoms. The van der Waals surface area contributed by atoms with E-state index in [1.165, 1.54) is 0 Å². The first kappa shape index (κ1) is 20.8. The Balaban J connectivity index is 1.52. The van der Waals surface area contributed by atoms with E-state index >= 15 is 0 Å². The van der Waals surface area contributed by atoms with Gasteiger partial charge in [0.25, 0.3) is 0 Å². The number of carbonyl (C=O) groups is 1. The highest BCUT2D eigenvalue weighted by Gasteiger charge is 2.41. The van der Waals surface area contributed by atoms with E-state index in [4.69, 9.17) is 18.9 Å². The summed E-state index contributed by atoms with van der Waals surface area (Å²) >= 11 is 0. The standard InChI is InChI=1S/C22H31NO5/c1-5-19-18(23-22(24)28-19)12-26-21-16(4)14(2)15(3)20(27-21)13-25-11-17-9-7-6-8-10-17/h5-10,14-16,18-21H,1,11-13H2,2-4H3,(H,23,24)/t14-,15+,16?,18-,19-,20?,21-/m0/s1. The molecular formula is C22H31NO5. The average Bonchev–Trinajstić information content (AvgIpc) is 3.07. The molecular weight excluding hydrogens is 358 g/mol. The van der Waals surface area contributed by atoms with E-state index in [9.17, 15) is 4.79 Å². The molecule has 2 unspecified atom stereocenters. The van der Waals surface area contributed by atoms with E-state index in [1.807, 2.05) is 18.2 Å². The van der Waals surface area contributed by atoms with Crippen LogP contribution in [0.25, 0.3) is 0 Å². The van der Waals surface area contributed by atoms with Crippen LogP contribution in [-0.4, -0.2) is 43.8 Å². The Hall–Kier alpha value is -1.89. The number of rotatable bonds is 8. The van der Waals surface area contributed by atoms with E-state index < -0.39 is 6.09 Å². The van der Waals surface area contributed by atoms with Gasteiger partial charge in [-0.3, -0.25) is 0 Å². The molecule has 1 amide bonds. The van der Waals surface area contributed by atoms with Crippen molar-refractivity contribution in [1.82, 2.24) is 5.32 Å². The minimum Gasteiger partial charge on any atom is -0.440 e. The Kier molecular flexibility index (Phi) is 7.10. The summed E-state index contributed by atoms with van der Waals surface area (Å²) in [6, 6.07) is 9.87. The van der Waals surface area contributed by atoms with Crippen LogP contribution in [0, 0.1) is 17.8 Å². The van der Waals surface area contributed by atoms with Crippen molar-refractivity contribution in [1.29, 1.82) is 0 Å². The van der Waals surface area contributed by atoms with Crippen molar-refractivity contribution in [2.75, 3.05) is 13.2 Å². The number of benzene rings is 1. The van der Waals surface area contributed by atoms with E-state index in [0.717, 1.165) is 5.56 Å². The quantitative estimate of drug-likeness (QED) is 0.689. The van der Waals surface area contributed by atoms with Crippen molar-refractivity contribution in [2.45, 2.75) is 51.9 Å². The van der Waals surface area contributed by atoms with Crippen LogP contribution in [0.3, 0.4) is 0 Å². The molecule has 6 heteroatoms. The van der Waals surface area contributed by atoms with Gasteiger partial charge in [-0.05, 0) is 23.5 Å². The van der Waals surface area contributed by atoms with Crippen LogP contribution in [0.5, 0.6) is 0 Å². The molecule has 1 aromatic rings. The summed E-state index contributed by atoms with van der Waals surface area (Å²) < 4.78 is 23.4. The molecule has 0 spiro atoms. The summed E-state index contributed by atoms with van der Waals surface area (Å²) in [4.78, 5) is 11.4. The normalized spacial score (nSPS) is 35.2. The molecule has 2 aliphatic heterocycles. The van der Waals surface area contributed by atoms with Crippen LogP contribution in [0.15, 0.2) is 43.0 Å². The Labute approximate surface area is 167 Å². The maximum atomic E-state index is 11.4. The molecule has 2 heterocycles. The Morgan fingerprint density at radius 3 is 2.57 bits per heavy atom. The molecule has 1 aromatic carbocycles. The minimum atomic E-state index is -0.440. The monoisotopic (exact) mass is 389 g/mol. The van der Waals surface area contributed by atoms with E-state index in [-0.39, 0.29) is 30.5 Å². The number of alkyl carbamates (subject to hydrolysis) is 1. The molecule has 154 valence electrons. The summed E-state index contributed by atoms with van der Waals surface area (Å²) in [6.07, 6.45) is 0.407. The molecule has 0 saturated carbocycles. The second kappa shape index (κ2) is 9.54. The fourth-order valence-electron chi connectivity index (χ4n) is 3.76. The number of hydrogen-bond donors (Lipinski definition) is 1. The predicted molar refractivity (Wildman–Crippen MR) is 106 cm³/mol. The fourth-order valence-corrected chi connectivity index (χ4v) is 3.76. The van der Waals surface area contributed by atoms with Gasteiger partial charge in [-0.1, -0.05) is 57.7 Å². The van der Waals surface area contributed by atoms with Crippen molar-refractivity contribution in [3.63, 3.8) is 0 Å². The Morgan fingerprint density at radius 2 is 1.86 bits per heavy atom. The number of nitrogens with one attached hydrogen (secondary N) is 1. The summed E-state index contributed by atoms with van der Waals surface area (Å²) in [5.74, 6) is 1.02. The van der Waals surface area contributed by atoms with Gasteiger partial charge < -0.3 is 24.3 Å². The van der Waals surface area contributed by atoms with Crippen molar-refractivity contribution in [3.8, 4) is 0 Å². The van der Waals surface area contributed by atoms with Crippen molar-refractivity contribution in [3.05, 3.63) is 48.6 Å². The predicted octanol–water partition coefficient (Wildman–Crippen LogP) is 3.52. The fraction of sp³-hybridized carbons (Fsp3) is 0.591. The van der Waals surface area contributed by atoms with Gasteiger partial charge in [0.15, 0.2) is 6.29 Å². The molecule has 1 N–H and O–H groups in total. The zero-order chi connectivity index (χ0) is 20.1. The highest BCUT2D eigenvalue weighted by Crippen LogP contribution is 2.36. The highest BCUT2D eigenvalue weighted by atomic mass is 16.7. The van der Waals surface area contributed by atoms with Crippen LogP contribution in [0.2, 0.25) is 0 Å².